The van der Waals surface area contributed by atoms with Crippen LogP contribution in [-0.4, -0.2) is 0 Å². The molecule has 29 rings (SSSR count). The molecule has 0 atom stereocenters. The quantitative estimate of drug-likeness (QED) is 0.0994. The van der Waals surface area contributed by atoms with Crippen LogP contribution >= 0.6 is 45.3 Å². The van der Waals surface area contributed by atoms with Gasteiger partial charge in [-0.05, 0) is 145 Å². The lowest BCUT2D eigenvalue weighted by Gasteiger charge is -2.25. The molecule has 0 fully saturated rings. The first-order valence-electron chi connectivity index (χ1n) is 51.2. The first-order chi connectivity index (χ1) is 74.5. The highest BCUT2D eigenvalue weighted by atomic mass is 32.1. The number of para-hydroxylation sites is 1. The Kier molecular flexibility index (Phi) is 25.2. The molecule has 0 radical (unpaired) electrons. The number of hydrogen-bond acceptors (Lipinski definition) is 5. The predicted octanol–water partition coefficient (Wildman–Crippen LogP) is 42.8. The molecule has 24 aromatic carbocycles. The summed E-state index contributed by atoms with van der Waals surface area (Å²) in [7, 11) is 0. The second-order valence-electron chi connectivity index (χ2n) is 37.9. The average Bonchev–Trinajstić information content (AvgIpc) is 1.52. The Morgan fingerprint density at radius 2 is 0.367 bits per heavy atom. The highest BCUT2D eigenvalue weighted by Crippen LogP contribution is 2.58. The molecule has 1 aliphatic rings. The maximum Gasteiger partial charge on any atom is 0.127 e. The molecule has 5 heterocycles. The van der Waals surface area contributed by atoms with Crippen molar-refractivity contribution in [1.29, 1.82) is 0 Å². The van der Waals surface area contributed by atoms with E-state index in [-0.39, 0.29) is 0 Å². The molecule has 1 nitrogen and oxygen atoms in total. The van der Waals surface area contributed by atoms with E-state index in [9.17, 15) is 0 Å². The zero-order chi connectivity index (χ0) is 99.6. The van der Waals surface area contributed by atoms with Gasteiger partial charge >= 0.3 is 0 Å². The third kappa shape index (κ3) is 17.4. The topological polar surface area (TPSA) is 9.23 Å². The van der Waals surface area contributed by atoms with E-state index in [0.29, 0.717) is 6.61 Å². The number of ether oxygens (including phenoxy) is 1. The third-order valence-electron chi connectivity index (χ3n) is 29.1. The molecule has 0 N–H and O–H groups in total. The summed E-state index contributed by atoms with van der Waals surface area (Å²) in [5.41, 5.74) is 31.6. The molecule has 706 valence electrons. The van der Waals surface area contributed by atoms with Crippen molar-refractivity contribution in [2.24, 2.45) is 0 Å². The zero-order valence-electron chi connectivity index (χ0n) is 82.0. The monoisotopic (exact) mass is 1980 g/mol. The van der Waals surface area contributed by atoms with Crippen LogP contribution in [0.1, 0.15) is 5.56 Å². The largest absolute Gasteiger partial charge is 0.488 e. The molecule has 0 aliphatic carbocycles. The van der Waals surface area contributed by atoms with Gasteiger partial charge in [0.1, 0.15) is 12.4 Å². The Hall–Kier alpha value is -18.0. The number of thiophene rings is 4. The molecular formula is C145H96OS4. The second kappa shape index (κ2) is 41.1. The summed E-state index contributed by atoms with van der Waals surface area (Å²) in [6.07, 6.45) is 0. The van der Waals surface area contributed by atoms with Gasteiger partial charge in [-0.15, -0.1) is 45.3 Å². The van der Waals surface area contributed by atoms with Gasteiger partial charge in [-0.25, -0.2) is 0 Å². The fraction of sp³-hybridized carbons (Fsp3) is 0.00690. The van der Waals surface area contributed by atoms with Gasteiger partial charge in [0.05, 0.1) is 0 Å². The molecule has 28 aromatic rings. The SMILES string of the molecule is c1ccc(-c2ccccc2-c2sc(-c3c(-c4ccccc4)ccc4ccccc34)c3ccccc23)cc1.c1ccc(-c2ccccc2-c2sc(-c3cc4ccccc4c4c3-c3ccccc3OC4)c3ccccc23)cc1.c1ccc(-c2ccccc2-c2sc(-c3cc4ccccc4cc3-c3ccccc3)c3ccccc23)cc1.c1ccc(-c2ccccc2-c2sc(-c3ccc4ccccc4c3-c3ccccc3)c3ccccc23)cc1. The Morgan fingerprint density at radius 1 is 0.127 bits per heavy atom. The van der Waals surface area contributed by atoms with E-state index in [1.807, 2.05) is 45.3 Å². The van der Waals surface area contributed by atoms with E-state index < -0.39 is 0 Å². The first kappa shape index (κ1) is 91.9. The van der Waals surface area contributed by atoms with Crippen molar-refractivity contribution < 1.29 is 4.74 Å². The number of fused-ring (bicyclic) bond motifs is 12. The summed E-state index contributed by atoms with van der Waals surface area (Å²) in [5.74, 6) is 0.956. The van der Waals surface area contributed by atoms with Crippen LogP contribution in [0.5, 0.6) is 5.75 Å². The Balaban J connectivity index is 0.000000101. The summed E-state index contributed by atoms with van der Waals surface area (Å²) in [6, 6.07) is 206. The van der Waals surface area contributed by atoms with Crippen molar-refractivity contribution in [2.75, 3.05) is 0 Å². The van der Waals surface area contributed by atoms with Crippen LogP contribution in [-0.2, 0) is 6.61 Å². The van der Waals surface area contributed by atoms with Crippen molar-refractivity contribution in [3.63, 3.8) is 0 Å². The van der Waals surface area contributed by atoms with E-state index in [4.69, 9.17) is 4.74 Å². The van der Waals surface area contributed by atoms with Crippen molar-refractivity contribution >= 4 is 132 Å². The van der Waals surface area contributed by atoms with Gasteiger partial charge in [-0.1, -0.05) is 546 Å². The lowest BCUT2D eigenvalue weighted by molar-refractivity contribution is 0.304. The minimum Gasteiger partial charge on any atom is -0.488 e. The summed E-state index contributed by atoms with van der Waals surface area (Å²) >= 11 is 7.62. The second-order valence-corrected chi connectivity index (χ2v) is 42.0. The van der Waals surface area contributed by atoms with Gasteiger partial charge in [0.2, 0.25) is 0 Å². The fourth-order valence-electron chi connectivity index (χ4n) is 22.2. The summed E-state index contributed by atoms with van der Waals surface area (Å²) in [6.45, 7) is 0.577. The lowest BCUT2D eigenvalue weighted by Crippen LogP contribution is -2.07. The molecule has 4 aromatic heterocycles. The number of rotatable bonds is 15. The van der Waals surface area contributed by atoms with E-state index in [2.05, 4.69) is 570 Å². The molecule has 1 aliphatic heterocycles. The average molecular weight is 1980 g/mol. The Morgan fingerprint density at radius 3 is 0.753 bits per heavy atom. The van der Waals surface area contributed by atoms with Crippen LogP contribution in [0.2, 0.25) is 0 Å². The van der Waals surface area contributed by atoms with Gasteiger partial charge in [0, 0.05) is 143 Å². The maximum absolute atomic E-state index is 6.28. The molecule has 0 saturated heterocycles. The van der Waals surface area contributed by atoms with Crippen LogP contribution < -0.4 is 4.74 Å². The normalized spacial score (nSPS) is 11.5. The van der Waals surface area contributed by atoms with Crippen molar-refractivity contribution in [3.05, 3.63) is 576 Å². The lowest BCUT2D eigenvalue weighted by atomic mass is 9.87. The van der Waals surface area contributed by atoms with Crippen molar-refractivity contribution in [3.8, 4) is 178 Å². The highest BCUT2D eigenvalue weighted by molar-refractivity contribution is 7.22. The number of benzene rings is 24. The van der Waals surface area contributed by atoms with Gasteiger partial charge in [0.25, 0.3) is 0 Å². The molecule has 0 unspecified atom stereocenters. The number of hydrogen-bond donors (Lipinski definition) is 0. The predicted molar refractivity (Wildman–Crippen MR) is 649 cm³/mol. The highest BCUT2D eigenvalue weighted by Gasteiger charge is 2.30. The van der Waals surface area contributed by atoms with Crippen molar-refractivity contribution in [2.45, 2.75) is 6.61 Å². The van der Waals surface area contributed by atoms with Gasteiger partial charge in [-0.2, -0.15) is 0 Å². The third-order valence-corrected chi connectivity index (χ3v) is 34.3. The van der Waals surface area contributed by atoms with E-state index in [1.54, 1.807) is 0 Å². The van der Waals surface area contributed by atoms with E-state index >= 15 is 0 Å². The fourth-order valence-corrected chi connectivity index (χ4v) is 27.6. The van der Waals surface area contributed by atoms with Crippen LogP contribution in [0.15, 0.2) is 570 Å². The first-order valence-corrected chi connectivity index (χ1v) is 54.4. The molecule has 0 saturated carbocycles. The van der Waals surface area contributed by atoms with Crippen LogP contribution in [0.3, 0.4) is 0 Å². The van der Waals surface area contributed by atoms with Crippen molar-refractivity contribution in [1.82, 2.24) is 0 Å². The Labute approximate surface area is 889 Å². The van der Waals surface area contributed by atoms with Crippen LogP contribution in [0.4, 0.5) is 0 Å². The molecular weight excluding hydrogens is 1890 g/mol. The maximum atomic E-state index is 6.28. The zero-order valence-corrected chi connectivity index (χ0v) is 85.3. The smallest absolute Gasteiger partial charge is 0.127 e. The Bertz CT molecular complexity index is 9650. The molecule has 0 amide bonds. The van der Waals surface area contributed by atoms with Gasteiger partial charge in [0.15, 0.2) is 0 Å². The van der Waals surface area contributed by atoms with Gasteiger partial charge < -0.3 is 4.74 Å². The standard InChI is InChI=1S/C37H24OS.3C36H24S/c1-2-12-24(13-3-1)26-15-6-7-17-28(26)36-29-18-8-9-19-30(29)37(39-36)32-22-25-14-4-5-16-27(25)33-23-38-34-21-11-10-20-31(34)35(32)33;1-3-13-25(14-4-1)28-18-9-10-20-30(28)35-31-21-11-12-22-32(31)36(37-35)33-24-23-26-15-7-8-19-29(26)34(33)27-16-5-2-6-17-27;1-3-13-25(14-4-1)28-18-9-10-20-31(28)35-32-21-11-12-22-33(32)36(37-35)34-29-19-8-7-17-27(29)23-24-30(34)26-15-5-2-6-16-26;1-3-13-25(14-4-1)29-19-9-10-20-30(29)35-31-21-11-12-22-32(31)36(37-35)34-24-28-18-8-7-17-27(28)23-33(34)26-15-5-2-6-16-26/h1-22H,23H2;3*1-24H. The van der Waals surface area contributed by atoms with E-state index in [1.165, 1.54) is 264 Å². The molecule has 0 spiro atoms. The van der Waals surface area contributed by atoms with Crippen LogP contribution in [0.25, 0.3) is 259 Å². The van der Waals surface area contributed by atoms with E-state index in [0.717, 1.165) is 5.75 Å². The molecule has 150 heavy (non-hydrogen) atoms. The summed E-state index contributed by atoms with van der Waals surface area (Å²) in [5, 5.41) is 20.6. The van der Waals surface area contributed by atoms with Gasteiger partial charge in [-0.3, -0.25) is 0 Å². The summed E-state index contributed by atoms with van der Waals surface area (Å²) in [4.78, 5) is 10.5. The minimum atomic E-state index is 0.577. The summed E-state index contributed by atoms with van der Waals surface area (Å²) < 4.78 is 6.28. The minimum absolute atomic E-state index is 0.577. The molecule has 5 heteroatoms. The van der Waals surface area contributed by atoms with Crippen LogP contribution in [0, 0.1) is 0 Å². The molecule has 0 bridgehead atoms.